The Balaban J connectivity index is 2.72. The van der Waals surface area contributed by atoms with E-state index < -0.39 is 0 Å². The van der Waals surface area contributed by atoms with Crippen molar-refractivity contribution in [2.45, 2.75) is 6.92 Å². The van der Waals surface area contributed by atoms with Crippen molar-refractivity contribution in [3.8, 4) is 0 Å². The fourth-order valence-electron chi connectivity index (χ4n) is 1.30. The molecule has 0 atom stereocenters. The Morgan fingerprint density at radius 3 is 3.00 bits per heavy atom. The summed E-state index contributed by atoms with van der Waals surface area (Å²) in [7, 11) is 1.87. The van der Waals surface area contributed by atoms with Crippen LogP contribution < -0.4 is 11.1 Å². The van der Waals surface area contributed by atoms with Crippen LogP contribution in [-0.4, -0.2) is 21.6 Å². The summed E-state index contributed by atoms with van der Waals surface area (Å²) < 4.78 is 1.66. The molecule has 0 fully saturated rings. The Labute approximate surface area is 75.6 Å². The summed E-state index contributed by atoms with van der Waals surface area (Å²) in [4.78, 5) is 4.05. The van der Waals surface area contributed by atoms with Crippen LogP contribution in [0.2, 0.25) is 0 Å². The molecule has 2 aromatic rings. The molecule has 0 saturated heterocycles. The summed E-state index contributed by atoms with van der Waals surface area (Å²) >= 11 is 0. The highest BCUT2D eigenvalue weighted by Gasteiger charge is 2.03. The third-order valence-electron chi connectivity index (χ3n) is 1.97. The summed E-state index contributed by atoms with van der Waals surface area (Å²) in [5.74, 6) is 0.299. The van der Waals surface area contributed by atoms with Gasteiger partial charge in [0.15, 0.2) is 5.65 Å². The predicted octanol–water partition coefficient (Wildman–Crippen LogP) is 0.662. The van der Waals surface area contributed by atoms with Crippen molar-refractivity contribution in [2.75, 3.05) is 18.1 Å². The predicted molar refractivity (Wildman–Crippen MR) is 51.7 cm³/mol. The third kappa shape index (κ3) is 1.18. The molecular weight excluding hydrogens is 166 g/mol. The van der Waals surface area contributed by atoms with Gasteiger partial charge in [0, 0.05) is 7.05 Å². The molecule has 0 aliphatic carbocycles. The standard InChI is InChI=1S/C8H11N5/c1-5-3-7-11-8(9)12-13(7)4-6(5)10-2/h3-4,10H,1-2H3,(H2,9,12). The minimum Gasteiger partial charge on any atom is -0.387 e. The molecule has 0 bridgehead atoms. The maximum absolute atomic E-state index is 5.47. The van der Waals surface area contributed by atoms with Crippen LogP contribution in [0.3, 0.4) is 0 Å². The Morgan fingerprint density at radius 2 is 2.31 bits per heavy atom. The van der Waals surface area contributed by atoms with E-state index in [1.807, 2.05) is 26.2 Å². The van der Waals surface area contributed by atoms with Crippen molar-refractivity contribution in [1.29, 1.82) is 0 Å². The number of nitrogens with one attached hydrogen (secondary N) is 1. The van der Waals surface area contributed by atoms with Crippen molar-refractivity contribution in [2.24, 2.45) is 0 Å². The molecule has 2 aromatic heterocycles. The second kappa shape index (κ2) is 2.62. The number of fused-ring (bicyclic) bond motifs is 1. The van der Waals surface area contributed by atoms with Crippen molar-refractivity contribution in [3.05, 3.63) is 17.8 Å². The number of nitrogens with two attached hydrogens (primary N) is 1. The molecule has 2 rings (SSSR count). The van der Waals surface area contributed by atoms with Gasteiger partial charge in [-0.2, -0.15) is 4.98 Å². The number of hydrogen-bond acceptors (Lipinski definition) is 4. The summed E-state index contributed by atoms with van der Waals surface area (Å²) in [6.07, 6.45) is 1.87. The van der Waals surface area contributed by atoms with Crippen LogP contribution in [0, 0.1) is 6.92 Å². The molecule has 0 amide bonds. The molecular formula is C8H11N5. The minimum absolute atomic E-state index is 0.299. The Kier molecular flexibility index (Phi) is 1.58. The number of nitrogen functional groups attached to an aromatic ring is 1. The van der Waals surface area contributed by atoms with E-state index in [4.69, 9.17) is 5.73 Å². The lowest BCUT2D eigenvalue weighted by Crippen LogP contribution is -1.96. The first-order chi connectivity index (χ1) is 6.20. The molecule has 0 aromatic carbocycles. The summed E-state index contributed by atoms with van der Waals surface area (Å²) in [6, 6.07) is 1.94. The molecule has 0 spiro atoms. The van der Waals surface area contributed by atoms with E-state index in [-0.39, 0.29) is 0 Å². The second-order valence-corrected chi connectivity index (χ2v) is 2.89. The molecule has 0 saturated carbocycles. The molecule has 5 nitrogen and oxygen atoms in total. The number of pyridine rings is 1. The molecule has 5 heteroatoms. The Bertz CT molecular complexity index is 445. The second-order valence-electron chi connectivity index (χ2n) is 2.89. The average molecular weight is 177 g/mol. The molecule has 0 radical (unpaired) electrons. The monoisotopic (exact) mass is 177 g/mol. The number of nitrogens with zero attached hydrogens (tertiary/aromatic N) is 3. The highest BCUT2D eigenvalue weighted by atomic mass is 15.3. The number of rotatable bonds is 1. The van der Waals surface area contributed by atoms with Crippen molar-refractivity contribution in [1.82, 2.24) is 14.6 Å². The highest BCUT2D eigenvalue weighted by molar-refractivity contribution is 5.56. The minimum atomic E-state index is 0.299. The first kappa shape index (κ1) is 7.85. The van der Waals surface area contributed by atoms with E-state index in [0.717, 1.165) is 16.9 Å². The largest absolute Gasteiger partial charge is 0.387 e. The van der Waals surface area contributed by atoms with Crippen LogP contribution in [0.5, 0.6) is 0 Å². The molecule has 3 N–H and O–H groups in total. The van der Waals surface area contributed by atoms with Gasteiger partial charge in [0.25, 0.3) is 0 Å². The van der Waals surface area contributed by atoms with Gasteiger partial charge < -0.3 is 11.1 Å². The lowest BCUT2D eigenvalue weighted by atomic mass is 10.2. The van der Waals surface area contributed by atoms with E-state index in [2.05, 4.69) is 15.4 Å². The zero-order valence-electron chi connectivity index (χ0n) is 7.57. The smallest absolute Gasteiger partial charge is 0.240 e. The summed E-state index contributed by atoms with van der Waals surface area (Å²) in [5, 5.41) is 7.07. The average Bonchev–Trinajstić information content (AvgIpc) is 2.42. The number of aromatic nitrogens is 3. The van der Waals surface area contributed by atoms with E-state index in [1.54, 1.807) is 4.52 Å². The van der Waals surface area contributed by atoms with Crippen LogP contribution in [0.1, 0.15) is 5.56 Å². The van der Waals surface area contributed by atoms with Gasteiger partial charge in [-0.3, -0.25) is 0 Å². The van der Waals surface area contributed by atoms with Gasteiger partial charge >= 0.3 is 0 Å². The molecule has 0 unspecified atom stereocenters. The zero-order valence-corrected chi connectivity index (χ0v) is 7.57. The van der Waals surface area contributed by atoms with Crippen LogP contribution in [-0.2, 0) is 0 Å². The Hall–Kier alpha value is -1.78. The molecule has 13 heavy (non-hydrogen) atoms. The normalized spacial score (nSPS) is 10.6. The van der Waals surface area contributed by atoms with E-state index in [0.29, 0.717) is 5.95 Å². The third-order valence-corrected chi connectivity index (χ3v) is 1.97. The van der Waals surface area contributed by atoms with Crippen molar-refractivity contribution in [3.63, 3.8) is 0 Å². The number of hydrogen-bond donors (Lipinski definition) is 2. The quantitative estimate of drug-likeness (QED) is 0.671. The first-order valence-corrected chi connectivity index (χ1v) is 4.01. The van der Waals surface area contributed by atoms with E-state index >= 15 is 0 Å². The fraction of sp³-hybridized carbons (Fsp3) is 0.250. The van der Waals surface area contributed by atoms with Gasteiger partial charge in [0.1, 0.15) is 0 Å². The van der Waals surface area contributed by atoms with Crippen LogP contribution in [0.4, 0.5) is 11.6 Å². The van der Waals surface area contributed by atoms with E-state index in [9.17, 15) is 0 Å². The van der Waals surface area contributed by atoms with Gasteiger partial charge in [0.05, 0.1) is 11.9 Å². The molecule has 2 heterocycles. The zero-order chi connectivity index (χ0) is 9.42. The van der Waals surface area contributed by atoms with Gasteiger partial charge in [-0.05, 0) is 18.6 Å². The van der Waals surface area contributed by atoms with Gasteiger partial charge in [-0.15, -0.1) is 5.10 Å². The lowest BCUT2D eigenvalue weighted by Gasteiger charge is -2.03. The van der Waals surface area contributed by atoms with Crippen LogP contribution in [0.15, 0.2) is 12.3 Å². The van der Waals surface area contributed by atoms with Gasteiger partial charge in [-0.1, -0.05) is 0 Å². The Morgan fingerprint density at radius 1 is 1.54 bits per heavy atom. The van der Waals surface area contributed by atoms with Gasteiger partial charge in [0.2, 0.25) is 5.95 Å². The first-order valence-electron chi connectivity index (χ1n) is 4.01. The number of anilines is 2. The fourth-order valence-corrected chi connectivity index (χ4v) is 1.30. The summed E-state index contributed by atoms with van der Waals surface area (Å²) in [5.41, 5.74) is 8.39. The molecule has 0 aliphatic heterocycles. The van der Waals surface area contributed by atoms with Crippen LogP contribution in [0.25, 0.3) is 5.65 Å². The van der Waals surface area contributed by atoms with E-state index in [1.165, 1.54) is 0 Å². The number of aryl methyl sites for hydroxylation is 1. The molecule has 68 valence electrons. The van der Waals surface area contributed by atoms with Crippen molar-refractivity contribution >= 4 is 17.3 Å². The lowest BCUT2D eigenvalue weighted by molar-refractivity contribution is 0.965. The maximum Gasteiger partial charge on any atom is 0.240 e. The topological polar surface area (TPSA) is 68.2 Å². The molecule has 0 aliphatic rings. The van der Waals surface area contributed by atoms with Crippen molar-refractivity contribution < 1.29 is 0 Å². The SMILES string of the molecule is CNc1cn2nc(N)nc2cc1C. The maximum atomic E-state index is 5.47. The summed E-state index contributed by atoms with van der Waals surface area (Å²) in [6.45, 7) is 2.01. The van der Waals surface area contributed by atoms with Gasteiger partial charge in [-0.25, -0.2) is 4.52 Å². The highest BCUT2D eigenvalue weighted by Crippen LogP contribution is 2.15. The van der Waals surface area contributed by atoms with Crippen LogP contribution >= 0.6 is 0 Å².